The summed E-state index contributed by atoms with van der Waals surface area (Å²) in [5.74, 6) is 0.201. The Balaban J connectivity index is 1.93. The normalized spacial score (nSPS) is 17.6. The number of carbonyl (C=O) groups is 1. The molecule has 3 nitrogen and oxygen atoms in total. The van der Waals surface area contributed by atoms with Crippen molar-refractivity contribution in [3.8, 4) is 0 Å². The molecule has 0 radical (unpaired) electrons. The van der Waals surface area contributed by atoms with Crippen LogP contribution in [0.25, 0.3) is 0 Å². The molecular formula is C14H20N2O. The van der Waals surface area contributed by atoms with E-state index < -0.39 is 0 Å². The highest BCUT2D eigenvalue weighted by atomic mass is 16.1. The van der Waals surface area contributed by atoms with Gasteiger partial charge >= 0.3 is 0 Å². The highest BCUT2D eigenvalue weighted by Gasteiger charge is 2.13. The average molecular weight is 232 g/mol. The standard InChI is InChI=1S/C14H20N2O/c15-13-7-5-12(6-8-13)14(17)11-16-9-3-1-2-4-10-16/h5-8H,1-4,9-11,15H2. The topological polar surface area (TPSA) is 46.3 Å². The van der Waals surface area contributed by atoms with Crippen LogP contribution in [0.15, 0.2) is 24.3 Å². The smallest absolute Gasteiger partial charge is 0.176 e. The minimum atomic E-state index is 0.201. The van der Waals surface area contributed by atoms with Crippen LogP contribution in [-0.4, -0.2) is 30.3 Å². The van der Waals surface area contributed by atoms with Crippen molar-refractivity contribution in [3.63, 3.8) is 0 Å². The molecule has 0 aliphatic carbocycles. The van der Waals surface area contributed by atoms with Crippen LogP contribution in [0.1, 0.15) is 36.0 Å². The van der Waals surface area contributed by atoms with Crippen molar-refractivity contribution in [2.75, 3.05) is 25.4 Å². The fourth-order valence-corrected chi connectivity index (χ4v) is 2.26. The lowest BCUT2D eigenvalue weighted by Crippen LogP contribution is -2.30. The van der Waals surface area contributed by atoms with Crippen molar-refractivity contribution in [2.45, 2.75) is 25.7 Å². The summed E-state index contributed by atoms with van der Waals surface area (Å²) in [5, 5.41) is 0. The summed E-state index contributed by atoms with van der Waals surface area (Å²) >= 11 is 0. The Morgan fingerprint density at radius 3 is 2.24 bits per heavy atom. The van der Waals surface area contributed by atoms with Gasteiger partial charge in [-0.1, -0.05) is 12.8 Å². The van der Waals surface area contributed by atoms with Gasteiger partial charge < -0.3 is 5.73 Å². The van der Waals surface area contributed by atoms with Crippen LogP contribution < -0.4 is 5.73 Å². The Labute approximate surface area is 103 Å². The van der Waals surface area contributed by atoms with Crippen LogP contribution in [0, 0.1) is 0 Å². The molecule has 1 aliphatic heterocycles. The van der Waals surface area contributed by atoms with Gasteiger partial charge in [0.15, 0.2) is 5.78 Å². The van der Waals surface area contributed by atoms with E-state index in [1.807, 2.05) is 12.1 Å². The maximum atomic E-state index is 12.1. The molecule has 1 heterocycles. The van der Waals surface area contributed by atoms with E-state index in [1.165, 1.54) is 25.7 Å². The van der Waals surface area contributed by atoms with Gasteiger partial charge in [-0.05, 0) is 50.2 Å². The summed E-state index contributed by atoms with van der Waals surface area (Å²) in [7, 11) is 0. The molecule has 1 aromatic carbocycles. The van der Waals surface area contributed by atoms with Gasteiger partial charge in [-0.3, -0.25) is 9.69 Å². The number of nitrogens with two attached hydrogens (primary N) is 1. The van der Waals surface area contributed by atoms with Gasteiger partial charge in [-0.2, -0.15) is 0 Å². The highest BCUT2D eigenvalue weighted by Crippen LogP contribution is 2.11. The maximum Gasteiger partial charge on any atom is 0.176 e. The van der Waals surface area contributed by atoms with Crippen LogP contribution >= 0.6 is 0 Å². The third kappa shape index (κ3) is 3.56. The number of nitrogen functional groups attached to an aromatic ring is 1. The first-order chi connectivity index (χ1) is 8.25. The zero-order chi connectivity index (χ0) is 12.1. The minimum Gasteiger partial charge on any atom is -0.399 e. The van der Waals surface area contributed by atoms with E-state index in [-0.39, 0.29) is 5.78 Å². The number of hydrogen-bond acceptors (Lipinski definition) is 3. The van der Waals surface area contributed by atoms with Crippen molar-refractivity contribution in [2.24, 2.45) is 0 Å². The second-order valence-electron chi connectivity index (χ2n) is 4.74. The van der Waals surface area contributed by atoms with Gasteiger partial charge in [0, 0.05) is 11.3 Å². The van der Waals surface area contributed by atoms with Gasteiger partial charge in [0.25, 0.3) is 0 Å². The van der Waals surface area contributed by atoms with Gasteiger partial charge in [0.05, 0.1) is 6.54 Å². The molecule has 3 heteroatoms. The number of hydrogen-bond donors (Lipinski definition) is 1. The first-order valence-electron chi connectivity index (χ1n) is 6.37. The van der Waals surface area contributed by atoms with E-state index >= 15 is 0 Å². The number of anilines is 1. The van der Waals surface area contributed by atoms with Crippen molar-refractivity contribution in [3.05, 3.63) is 29.8 Å². The predicted octanol–water partition coefficient (Wildman–Crippen LogP) is 2.33. The molecule has 92 valence electrons. The molecule has 0 saturated carbocycles. The number of benzene rings is 1. The van der Waals surface area contributed by atoms with Crippen LogP contribution in [0.3, 0.4) is 0 Å². The Bertz CT molecular complexity index is 364. The minimum absolute atomic E-state index is 0.201. The SMILES string of the molecule is Nc1ccc(C(=O)CN2CCCCCC2)cc1. The zero-order valence-electron chi connectivity index (χ0n) is 10.2. The molecule has 2 rings (SSSR count). The second kappa shape index (κ2) is 5.82. The van der Waals surface area contributed by atoms with Gasteiger partial charge in [-0.25, -0.2) is 0 Å². The summed E-state index contributed by atoms with van der Waals surface area (Å²) in [6, 6.07) is 7.20. The molecule has 2 N–H and O–H groups in total. The molecule has 0 spiro atoms. The van der Waals surface area contributed by atoms with Crippen molar-refractivity contribution >= 4 is 11.5 Å². The zero-order valence-corrected chi connectivity index (χ0v) is 10.2. The number of nitrogens with zero attached hydrogens (tertiary/aromatic N) is 1. The summed E-state index contributed by atoms with van der Waals surface area (Å²) < 4.78 is 0. The fraction of sp³-hybridized carbons (Fsp3) is 0.500. The van der Waals surface area contributed by atoms with Gasteiger partial charge in [-0.15, -0.1) is 0 Å². The molecule has 0 bridgehead atoms. The largest absolute Gasteiger partial charge is 0.399 e. The highest BCUT2D eigenvalue weighted by molar-refractivity contribution is 5.97. The molecule has 1 aliphatic rings. The molecule has 1 aromatic rings. The van der Waals surface area contributed by atoms with Gasteiger partial charge in [0.1, 0.15) is 0 Å². The lowest BCUT2D eigenvalue weighted by atomic mass is 10.1. The van der Waals surface area contributed by atoms with Crippen molar-refractivity contribution in [1.82, 2.24) is 4.90 Å². The number of Topliss-reactive ketones (excluding diaryl/α,β-unsaturated/α-hetero) is 1. The Kier molecular flexibility index (Phi) is 4.15. The van der Waals surface area contributed by atoms with Crippen molar-refractivity contribution < 1.29 is 4.79 Å². The third-order valence-corrected chi connectivity index (χ3v) is 3.30. The molecular weight excluding hydrogens is 212 g/mol. The van der Waals surface area contributed by atoms with Crippen molar-refractivity contribution in [1.29, 1.82) is 0 Å². The molecule has 1 saturated heterocycles. The van der Waals surface area contributed by atoms with Crippen LogP contribution in [-0.2, 0) is 0 Å². The van der Waals surface area contributed by atoms with E-state index in [9.17, 15) is 4.79 Å². The lowest BCUT2D eigenvalue weighted by Gasteiger charge is -2.18. The molecule has 0 amide bonds. The second-order valence-corrected chi connectivity index (χ2v) is 4.74. The lowest BCUT2D eigenvalue weighted by molar-refractivity contribution is 0.0933. The number of carbonyl (C=O) groups excluding carboxylic acids is 1. The van der Waals surface area contributed by atoms with E-state index in [1.54, 1.807) is 12.1 Å². The van der Waals surface area contributed by atoms with E-state index in [4.69, 9.17) is 5.73 Å². The number of rotatable bonds is 3. The first-order valence-corrected chi connectivity index (χ1v) is 6.37. The number of ketones is 1. The summed E-state index contributed by atoms with van der Waals surface area (Å²) in [6.07, 6.45) is 5.03. The molecule has 0 aromatic heterocycles. The summed E-state index contributed by atoms with van der Waals surface area (Å²) in [4.78, 5) is 14.3. The molecule has 17 heavy (non-hydrogen) atoms. The Morgan fingerprint density at radius 2 is 1.65 bits per heavy atom. The monoisotopic (exact) mass is 232 g/mol. The maximum absolute atomic E-state index is 12.1. The van der Waals surface area contributed by atoms with Crippen LogP contribution in [0.5, 0.6) is 0 Å². The van der Waals surface area contributed by atoms with E-state index in [0.717, 1.165) is 18.7 Å². The fourth-order valence-electron chi connectivity index (χ4n) is 2.26. The van der Waals surface area contributed by atoms with Crippen LogP contribution in [0.2, 0.25) is 0 Å². The summed E-state index contributed by atoms with van der Waals surface area (Å²) in [5.41, 5.74) is 7.08. The van der Waals surface area contributed by atoms with E-state index in [2.05, 4.69) is 4.90 Å². The Morgan fingerprint density at radius 1 is 1.06 bits per heavy atom. The predicted molar refractivity (Wildman–Crippen MR) is 70.1 cm³/mol. The quantitative estimate of drug-likeness (QED) is 0.642. The molecule has 0 unspecified atom stereocenters. The van der Waals surface area contributed by atoms with Gasteiger partial charge in [0.2, 0.25) is 0 Å². The van der Waals surface area contributed by atoms with Crippen LogP contribution in [0.4, 0.5) is 5.69 Å². The number of likely N-dealkylation sites (tertiary alicyclic amines) is 1. The summed E-state index contributed by atoms with van der Waals surface area (Å²) in [6.45, 7) is 2.66. The average Bonchev–Trinajstić information content (AvgIpc) is 2.58. The molecule has 0 atom stereocenters. The Hall–Kier alpha value is -1.35. The third-order valence-electron chi connectivity index (χ3n) is 3.30. The molecule has 1 fully saturated rings. The first kappa shape index (κ1) is 12.1. The van der Waals surface area contributed by atoms with E-state index in [0.29, 0.717) is 12.2 Å².